The number of aryl methyl sites for hydroxylation is 1. The molecular weight excluding hydrogens is 376 g/mol. The predicted molar refractivity (Wildman–Crippen MR) is 114 cm³/mol. The van der Waals surface area contributed by atoms with Crippen LogP contribution in [0.2, 0.25) is 0 Å². The number of rotatable bonds is 7. The molecule has 0 spiro atoms. The number of amides is 1. The molecule has 6 heteroatoms. The molecule has 1 heterocycles. The summed E-state index contributed by atoms with van der Waals surface area (Å²) in [4.78, 5) is 28.2. The molecule has 4 nitrogen and oxygen atoms in total. The summed E-state index contributed by atoms with van der Waals surface area (Å²) in [6, 6.07) is 15.3. The Morgan fingerprint density at radius 3 is 2.67 bits per heavy atom. The maximum absolute atomic E-state index is 12.1. The van der Waals surface area contributed by atoms with Crippen molar-refractivity contribution in [3.63, 3.8) is 0 Å². The molecule has 0 aliphatic carbocycles. The van der Waals surface area contributed by atoms with Gasteiger partial charge < -0.3 is 5.32 Å². The highest BCUT2D eigenvalue weighted by Gasteiger charge is 2.08. The summed E-state index contributed by atoms with van der Waals surface area (Å²) in [5, 5.41) is 5.86. The number of aromatic nitrogens is 1. The fraction of sp³-hybridized carbons (Fsp3) is 0.190. The van der Waals surface area contributed by atoms with Crippen LogP contribution in [0, 0.1) is 6.92 Å². The Bertz CT molecular complexity index is 949. The summed E-state index contributed by atoms with van der Waals surface area (Å²) < 4.78 is 0. The lowest BCUT2D eigenvalue weighted by molar-refractivity contribution is -0.113. The number of hydrogen-bond acceptors (Lipinski definition) is 5. The van der Waals surface area contributed by atoms with Crippen LogP contribution in [-0.2, 0) is 10.5 Å². The maximum Gasteiger partial charge on any atom is 0.234 e. The van der Waals surface area contributed by atoms with Gasteiger partial charge in [0.05, 0.1) is 11.4 Å². The van der Waals surface area contributed by atoms with E-state index in [4.69, 9.17) is 0 Å². The predicted octanol–water partition coefficient (Wildman–Crippen LogP) is 5.19. The molecule has 0 aliphatic rings. The number of nitrogens with one attached hydrogen (secondary N) is 1. The minimum atomic E-state index is -0.0883. The molecule has 2 aromatic carbocycles. The first-order valence-corrected chi connectivity index (χ1v) is 10.5. The number of nitrogens with zero attached hydrogens (tertiary/aromatic N) is 1. The van der Waals surface area contributed by atoms with Gasteiger partial charge in [-0.1, -0.05) is 42.0 Å². The number of hydrogen-bond donors (Lipinski definition) is 1. The molecule has 0 saturated carbocycles. The summed E-state index contributed by atoms with van der Waals surface area (Å²) >= 11 is 3.14. The van der Waals surface area contributed by atoms with E-state index in [9.17, 15) is 9.59 Å². The second-order valence-electron chi connectivity index (χ2n) is 6.19. The third-order valence-corrected chi connectivity index (χ3v) is 5.79. The van der Waals surface area contributed by atoms with Crippen molar-refractivity contribution in [2.24, 2.45) is 0 Å². The zero-order valence-electron chi connectivity index (χ0n) is 15.2. The molecule has 0 radical (unpaired) electrons. The molecule has 0 bridgehead atoms. The van der Waals surface area contributed by atoms with E-state index in [0.29, 0.717) is 22.8 Å². The van der Waals surface area contributed by atoms with Gasteiger partial charge in [0.25, 0.3) is 0 Å². The molecule has 0 aliphatic heterocycles. The minimum Gasteiger partial charge on any atom is -0.325 e. The first kappa shape index (κ1) is 19.3. The van der Waals surface area contributed by atoms with Crippen LogP contribution in [0.3, 0.4) is 0 Å². The number of benzene rings is 2. The van der Waals surface area contributed by atoms with Gasteiger partial charge in [0.15, 0.2) is 5.78 Å². The van der Waals surface area contributed by atoms with Crippen molar-refractivity contribution >= 4 is 40.5 Å². The summed E-state index contributed by atoms with van der Waals surface area (Å²) in [5.74, 6) is 0.911. The zero-order chi connectivity index (χ0) is 19.2. The Kier molecular flexibility index (Phi) is 6.42. The highest BCUT2D eigenvalue weighted by atomic mass is 32.2. The highest BCUT2D eigenvalue weighted by molar-refractivity contribution is 7.99. The summed E-state index contributed by atoms with van der Waals surface area (Å²) in [6.07, 6.45) is 0. The number of carbonyl (C=O) groups is 2. The van der Waals surface area contributed by atoms with Crippen molar-refractivity contribution in [3.8, 4) is 10.6 Å². The van der Waals surface area contributed by atoms with Crippen molar-refractivity contribution in [3.05, 3.63) is 70.7 Å². The van der Waals surface area contributed by atoms with Gasteiger partial charge in [0.2, 0.25) is 5.91 Å². The van der Waals surface area contributed by atoms with Gasteiger partial charge in [0.1, 0.15) is 5.01 Å². The maximum atomic E-state index is 12.1. The van der Waals surface area contributed by atoms with Crippen molar-refractivity contribution < 1.29 is 9.59 Å². The van der Waals surface area contributed by atoms with E-state index in [1.54, 1.807) is 35.6 Å². The van der Waals surface area contributed by atoms with Crippen LogP contribution in [0.4, 0.5) is 5.69 Å². The van der Waals surface area contributed by atoms with Gasteiger partial charge >= 0.3 is 0 Å². The van der Waals surface area contributed by atoms with Crippen molar-refractivity contribution in [2.75, 3.05) is 11.1 Å². The number of anilines is 1. The first-order chi connectivity index (χ1) is 13.0. The number of ketones is 1. The van der Waals surface area contributed by atoms with Crippen LogP contribution in [0.1, 0.15) is 28.5 Å². The standard InChI is InChI=1S/C21H20N2O2S2/c1-14-6-8-16(9-7-14)21-23-19(12-27-21)11-26-13-20(25)22-18-5-3-4-17(10-18)15(2)24/h3-10,12H,11,13H2,1-2H3,(H,22,25). The fourth-order valence-corrected chi connectivity index (χ4v) is 4.11. The van der Waals surface area contributed by atoms with E-state index in [2.05, 4.69) is 41.5 Å². The summed E-state index contributed by atoms with van der Waals surface area (Å²) in [7, 11) is 0. The molecule has 0 saturated heterocycles. The fourth-order valence-electron chi connectivity index (χ4n) is 2.46. The quantitative estimate of drug-likeness (QED) is 0.558. The van der Waals surface area contributed by atoms with Crippen molar-refractivity contribution in [2.45, 2.75) is 19.6 Å². The Morgan fingerprint density at radius 2 is 1.93 bits per heavy atom. The second-order valence-corrected chi connectivity index (χ2v) is 8.03. The molecular formula is C21H20N2O2S2. The van der Waals surface area contributed by atoms with Gasteiger partial charge in [-0.3, -0.25) is 9.59 Å². The highest BCUT2D eigenvalue weighted by Crippen LogP contribution is 2.25. The van der Waals surface area contributed by atoms with Gasteiger partial charge in [-0.2, -0.15) is 0 Å². The van der Waals surface area contributed by atoms with E-state index >= 15 is 0 Å². The molecule has 1 N–H and O–H groups in total. The first-order valence-electron chi connectivity index (χ1n) is 8.51. The number of thioether (sulfide) groups is 1. The Hall–Kier alpha value is -2.44. The molecule has 3 aromatic rings. The zero-order valence-corrected chi connectivity index (χ0v) is 16.8. The number of Topliss-reactive ketones (excluding diaryl/α,β-unsaturated/α-hetero) is 1. The van der Waals surface area contributed by atoms with E-state index in [1.807, 2.05) is 5.38 Å². The van der Waals surface area contributed by atoms with Crippen molar-refractivity contribution in [1.82, 2.24) is 4.98 Å². The van der Waals surface area contributed by atoms with E-state index < -0.39 is 0 Å². The Balaban J connectivity index is 1.50. The van der Waals surface area contributed by atoms with E-state index in [0.717, 1.165) is 16.3 Å². The molecule has 1 aromatic heterocycles. The lowest BCUT2D eigenvalue weighted by Gasteiger charge is -2.06. The van der Waals surface area contributed by atoms with Gasteiger partial charge in [-0.05, 0) is 26.0 Å². The molecule has 0 atom stereocenters. The summed E-state index contributed by atoms with van der Waals surface area (Å²) in [6.45, 7) is 3.57. The lowest BCUT2D eigenvalue weighted by atomic mass is 10.1. The SMILES string of the molecule is CC(=O)c1cccc(NC(=O)CSCc2csc(-c3ccc(C)cc3)n2)c1. The largest absolute Gasteiger partial charge is 0.325 e. The van der Waals surface area contributed by atoms with Gasteiger partial charge in [-0.15, -0.1) is 23.1 Å². The minimum absolute atomic E-state index is 0.0200. The average molecular weight is 397 g/mol. The van der Waals surface area contributed by atoms with Gasteiger partial charge in [0, 0.05) is 27.9 Å². The average Bonchev–Trinajstić information content (AvgIpc) is 3.11. The van der Waals surface area contributed by atoms with Crippen LogP contribution >= 0.6 is 23.1 Å². The number of carbonyl (C=O) groups excluding carboxylic acids is 2. The molecule has 0 fully saturated rings. The molecule has 27 heavy (non-hydrogen) atoms. The number of thiazole rings is 1. The molecule has 1 amide bonds. The van der Waals surface area contributed by atoms with Crippen LogP contribution in [0.5, 0.6) is 0 Å². The van der Waals surface area contributed by atoms with Crippen LogP contribution < -0.4 is 5.32 Å². The monoisotopic (exact) mass is 396 g/mol. The van der Waals surface area contributed by atoms with Crippen molar-refractivity contribution in [1.29, 1.82) is 0 Å². The van der Waals surface area contributed by atoms with Crippen LogP contribution in [0.25, 0.3) is 10.6 Å². The van der Waals surface area contributed by atoms with E-state index in [1.165, 1.54) is 24.2 Å². The smallest absolute Gasteiger partial charge is 0.234 e. The Morgan fingerprint density at radius 1 is 1.15 bits per heavy atom. The van der Waals surface area contributed by atoms with E-state index in [-0.39, 0.29) is 11.7 Å². The third-order valence-electron chi connectivity index (χ3n) is 3.89. The molecule has 0 unspecified atom stereocenters. The lowest BCUT2D eigenvalue weighted by Crippen LogP contribution is -2.14. The van der Waals surface area contributed by atoms with Crippen LogP contribution in [0.15, 0.2) is 53.9 Å². The topological polar surface area (TPSA) is 59.1 Å². The molecule has 3 rings (SSSR count). The molecule has 138 valence electrons. The van der Waals surface area contributed by atoms with Crippen LogP contribution in [-0.4, -0.2) is 22.4 Å². The summed E-state index contributed by atoms with van der Waals surface area (Å²) in [5.41, 5.74) is 4.55. The second kappa shape index (κ2) is 8.97. The van der Waals surface area contributed by atoms with Gasteiger partial charge in [-0.25, -0.2) is 4.98 Å². The third kappa shape index (κ3) is 5.52. The normalized spacial score (nSPS) is 10.6. The Labute approximate surface area is 167 Å².